The van der Waals surface area contributed by atoms with Crippen molar-refractivity contribution in [1.82, 2.24) is 20.0 Å². The zero-order valence-corrected chi connectivity index (χ0v) is 14.5. The Labute approximate surface area is 151 Å². The molecule has 7 nitrogen and oxygen atoms in total. The molecule has 0 radical (unpaired) electrons. The summed E-state index contributed by atoms with van der Waals surface area (Å²) in [7, 11) is 0. The molecule has 0 bridgehead atoms. The van der Waals surface area contributed by atoms with Crippen molar-refractivity contribution in [3.63, 3.8) is 0 Å². The van der Waals surface area contributed by atoms with Crippen molar-refractivity contribution < 1.29 is 9.53 Å². The Kier molecular flexibility index (Phi) is 4.51. The quantitative estimate of drug-likeness (QED) is 0.876. The van der Waals surface area contributed by atoms with Gasteiger partial charge in [0.25, 0.3) is 5.56 Å². The number of allylic oxidation sites excluding steroid dienone is 4. The zero-order chi connectivity index (χ0) is 17.9. The Balaban J connectivity index is 1.40. The minimum Gasteiger partial charge on any atom is -0.466 e. The van der Waals surface area contributed by atoms with Crippen LogP contribution in [0.15, 0.2) is 59.1 Å². The summed E-state index contributed by atoms with van der Waals surface area (Å²) in [5, 5.41) is 5.45. The molecule has 1 saturated heterocycles. The van der Waals surface area contributed by atoms with Gasteiger partial charge in [-0.2, -0.15) is 0 Å². The minimum absolute atomic E-state index is 0.0695. The second kappa shape index (κ2) is 7.11. The van der Waals surface area contributed by atoms with Crippen LogP contribution in [-0.4, -0.2) is 39.1 Å². The molecular formula is C19H22N4O3. The van der Waals surface area contributed by atoms with Crippen LogP contribution in [0.4, 0.5) is 4.79 Å². The Morgan fingerprint density at radius 2 is 2.27 bits per heavy atom. The van der Waals surface area contributed by atoms with Gasteiger partial charge < -0.3 is 14.7 Å². The second-order valence-corrected chi connectivity index (χ2v) is 6.80. The highest BCUT2D eigenvalue weighted by molar-refractivity contribution is 5.77. The molecule has 136 valence electrons. The Bertz CT molecular complexity index is 858. The van der Waals surface area contributed by atoms with E-state index in [0.717, 1.165) is 30.7 Å². The molecule has 7 heteroatoms. The molecule has 0 spiro atoms. The standard InChI is InChI=1S/C19H22N4O3/c24-18-11-17(20-21-18)15-6-7-22(12-15)19(25)23-8-9-26-16(13-23)10-14-4-2-1-3-5-14/h1-2,4,8-9,11,13,15H,3,5-7,10,12H2,(H2,20,21,24). The molecule has 1 fully saturated rings. The normalized spacial score (nSPS) is 22.2. The lowest BCUT2D eigenvalue weighted by molar-refractivity contribution is 0.184. The number of hydrogen-bond acceptors (Lipinski definition) is 3. The number of amides is 2. The van der Waals surface area contributed by atoms with E-state index in [-0.39, 0.29) is 17.5 Å². The number of nitrogens with zero attached hydrogens (tertiary/aromatic N) is 2. The highest BCUT2D eigenvalue weighted by Crippen LogP contribution is 2.27. The second-order valence-electron chi connectivity index (χ2n) is 6.80. The SMILES string of the molecule is O=C(N1C=COC(CC2=CC=CCC2)=C1)N1CCC(c2cc(=O)[nH][nH]2)C1. The van der Waals surface area contributed by atoms with Crippen LogP contribution in [-0.2, 0) is 4.74 Å². The average molecular weight is 354 g/mol. The molecule has 1 unspecified atom stereocenters. The topological polar surface area (TPSA) is 81.4 Å². The number of carbonyl (C=O) groups is 1. The van der Waals surface area contributed by atoms with Crippen molar-refractivity contribution in [2.75, 3.05) is 13.1 Å². The van der Waals surface area contributed by atoms with Crippen LogP contribution in [0.2, 0.25) is 0 Å². The van der Waals surface area contributed by atoms with Crippen molar-refractivity contribution in [3.8, 4) is 0 Å². The number of carbonyl (C=O) groups excluding carboxylic acids is 1. The number of rotatable bonds is 3. The van der Waals surface area contributed by atoms with Gasteiger partial charge in [-0.25, -0.2) is 4.79 Å². The van der Waals surface area contributed by atoms with Gasteiger partial charge in [-0.1, -0.05) is 23.8 Å². The van der Waals surface area contributed by atoms with E-state index in [1.54, 1.807) is 29.6 Å². The third-order valence-electron chi connectivity index (χ3n) is 4.96. The molecule has 1 aromatic heterocycles. The van der Waals surface area contributed by atoms with Crippen LogP contribution in [0.5, 0.6) is 0 Å². The highest BCUT2D eigenvalue weighted by atomic mass is 16.5. The van der Waals surface area contributed by atoms with Crippen LogP contribution in [0.25, 0.3) is 0 Å². The Morgan fingerprint density at radius 3 is 3.04 bits per heavy atom. The molecule has 1 atom stereocenters. The van der Waals surface area contributed by atoms with E-state index in [4.69, 9.17) is 4.74 Å². The summed E-state index contributed by atoms with van der Waals surface area (Å²) < 4.78 is 5.58. The summed E-state index contributed by atoms with van der Waals surface area (Å²) in [4.78, 5) is 27.5. The summed E-state index contributed by atoms with van der Waals surface area (Å²) in [5.74, 6) is 0.929. The van der Waals surface area contributed by atoms with Gasteiger partial charge in [0.05, 0.1) is 6.20 Å². The number of H-pyrrole nitrogens is 2. The monoisotopic (exact) mass is 354 g/mol. The lowest BCUT2D eigenvalue weighted by atomic mass is 10.0. The maximum Gasteiger partial charge on any atom is 0.328 e. The molecule has 2 aliphatic heterocycles. The third-order valence-corrected chi connectivity index (χ3v) is 4.96. The number of urea groups is 1. The van der Waals surface area contributed by atoms with Crippen molar-refractivity contribution in [2.24, 2.45) is 0 Å². The third kappa shape index (κ3) is 3.51. The van der Waals surface area contributed by atoms with E-state index in [1.807, 2.05) is 4.90 Å². The van der Waals surface area contributed by atoms with Crippen molar-refractivity contribution in [1.29, 1.82) is 0 Å². The molecule has 4 rings (SSSR count). The predicted molar refractivity (Wildman–Crippen MR) is 97.0 cm³/mol. The molecule has 3 aliphatic rings. The fourth-order valence-electron chi connectivity index (χ4n) is 3.56. The number of ether oxygens (including phenoxy) is 1. The van der Waals surface area contributed by atoms with E-state index in [9.17, 15) is 9.59 Å². The first kappa shape index (κ1) is 16.5. The lowest BCUT2D eigenvalue weighted by Gasteiger charge is -2.25. The number of hydrogen-bond donors (Lipinski definition) is 2. The van der Waals surface area contributed by atoms with E-state index in [2.05, 4.69) is 28.4 Å². The molecule has 1 aliphatic carbocycles. The molecule has 1 aromatic rings. The highest BCUT2D eigenvalue weighted by Gasteiger charge is 2.30. The van der Waals surface area contributed by atoms with Gasteiger partial charge in [-0.3, -0.25) is 14.8 Å². The molecule has 0 saturated carbocycles. The van der Waals surface area contributed by atoms with Gasteiger partial charge in [-0.15, -0.1) is 0 Å². The minimum atomic E-state index is -0.139. The van der Waals surface area contributed by atoms with E-state index in [1.165, 1.54) is 5.57 Å². The first-order valence-corrected chi connectivity index (χ1v) is 8.92. The first-order valence-electron chi connectivity index (χ1n) is 8.92. The Hall–Kier alpha value is -2.96. The number of likely N-dealkylation sites (tertiary alicyclic amines) is 1. The zero-order valence-electron chi connectivity index (χ0n) is 14.5. The fourth-order valence-corrected chi connectivity index (χ4v) is 3.56. The van der Waals surface area contributed by atoms with Crippen molar-refractivity contribution >= 4 is 6.03 Å². The summed E-state index contributed by atoms with van der Waals surface area (Å²) in [6.07, 6.45) is 14.9. The van der Waals surface area contributed by atoms with Gasteiger partial charge in [0, 0.05) is 43.4 Å². The van der Waals surface area contributed by atoms with Crippen LogP contribution in [0.1, 0.15) is 37.3 Å². The first-order chi connectivity index (χ1) is 12.7. The van der Waals surface area contributed by atoms with Gasteiger partial charge >= 0.3 is 6.03 Å². The van der Waals surface area contributed by atoms with E-state index < -0.39 is 0 Å². The predicted octanol–water partition coefficient (Wildman–Crippen LogP) is 2.92. The maximum atomic E-state index is 12.8. The van der Waals surface area contributed by atoms with Crippen LogP contribution < -0.4 is 5.56 Å². The number of aromatic amines is 2. The van der Waals surface area contributed by atoms with Gasteiger partial charge in [0.2, 0.25) is 0 Å². The molecule has 3 heterocycles. The molecule has 26 heavy (non-hydrogen) atoms. The largest absolute Gasteiger partial charge is 0.466 e. The molecule has 2 amide bonds. The molecule has 2 N–H and O–H groups in total. The summed E-state index contributed by atoms with van der Waals surface area (Å²) in [5.41, 5.74) is 2.02. The van der Waals surface area contributed by atoms with Crippen molar-refractivity contribution in [2.45, 2.75) is 31.6 Å². The number of nitrogens with one attached hydrogen (secondary N) is 2. The van der Waals surface area contributed by atoms with Crippen LogP contribution in [0.3, 0.4) is 0 Å². The average Bonchev–Trinajstić information content (AvgIpc) is 3.31. The lowest BCUT2D eigenvalue weighted by Crippen LogP contribution is -2.37. The van der Waals surface area contributed by atoms with Crippen LogP contribution in [0, 0.1) is 0 Å². The summed E-state index contributed by atoms with van der Waals surface area (Å²) >= 11 is 0. The van der Waals surface area contributed by atoms with Crippen LogP contribution >= 0.6 is 0 Å². The Morgan fingerprint density at radius 1 is 1.35 bits per heavy atom. The van der Waals surface area contributed by atoms with Gasteiger partial charge in [0.1, 0.15) is 12.0 Å². The smallest absolute Gasteiger partial charge is 0.328 e. The molecule has 0 aromatic carbocycles. The summed E-state index contributed by atoms with van der Waals surface area (Å²) in [6.45, 7) is 1.26. The van der Waals surface area contributed by atoms with Gasteiger partial charge in [0.15, 0.2) is 0 Å². The fraction of sp³-hybridized carbons (Fsp3) is 0.368. The van der Waals surface area contributed by atoms with Crippen molar-refractivity contribution in [3.05, 3.63) is 70.3 Å². The van der Waals surface area contributed by atoms with Gasteiger partial charge in [-0.05, 0) is 19.3 Å². The number of aromatic nitrogens is 2. The summed E-state index contributed by atoms with van der Waals surface area (Å²) in [6, 6.07) is 1.50. The van der Waals surface area contributed by atoms with E-state index >= 15 is 0 Å². The molecular weight excluding hydrogens is 332 g/mol. The maximum absolute atomic E-state index is 12.8. The van der Waals surface area contributed by atoms with E-state index in [0.29, 0.717) is 19.5 Å².